The van der Waals surface area contributed by atoms with Gasteiger partial charge in [0.15, 0.2) is 0 Å². The van der Waals surface area contributed by atoms with Crippen molar-refractivity contribution in [2.24, 2.45) is 5.84 Å². The van der Waals surface area contributed by atoms with Gasteiger partial charge in [0.1, 0.15) is 5.82 Å². The van der Waals surface area contributed by atoms with Crippen molar-refractivity contribution in [3.8, 4) is 0 Å². The lowest BCUT2D eigenvalue weighted by Crippen LogP contribution is -2.29. The van der Waals surface area contributed by atoms with Crippen molar-refractivity contribution in [2.45, 2.75) is 31.5 Å². The van der Waals surface area contributed by atoms with Crippen molar-refractivity contribution in [1.82, 2.24) is 5.43 Å². The Morgan fingerprint density at radius 2 is 2.00 bits per heavy atom. The highest BCUT2D eigenvalue weighted by Gasteiger charge is 2.27. The van der Waals surface area contributed by atoms with E-state index in [2.05, 4.69) is 21.4 Å². The number of hydrogen-bond donors (Lipinski definition) is 2. The molecule has 1 rings (SSSR count). The molecule has 0 saturated carbocycles. The fourth-order valence-corrected chi connectivity index (χ4v) is 1.95. The largest absolute Gasteiger partial charge is 0.389 e. The average Bonchev–Trinajstić information content (AvgIpc) is 2.24. The molecule has 0 aliphatic heterocycles. The Balaban J connectivity index is 2.66. The van der Waals surface area contributed by atoms with Crippen LogP contribution >= 0.6 is 15.9 Å². The lowest BCUT2D eigenvalue weighted by molar-refractivity contribution is -0.135. The second kappa shape index (κ2) is 6.49. The summed E-state index contributed by atoms with van der Waals surface area (Å²) < 4.78 is 50.2. The van der Waals surface area contributed by atoms with E-state index in [-0.39, 0.29) is 18.4 Å². The van der Waals surface area contributed by atoms with Crippen LogP contribution in [0, 0.1) is 5.82 Å². The zero-order valence-electron chi connectivity index (χ0n) is 9.40. The highest BCUT2D eigenvalue weighted by Crippen LogP contribution is 2.28. The van der Waals surface area contributed by atoms with Crippen LogP contribution in [-0.2, 0) is 0 Å². The zero-order chi connectivity index (χ0) is 13.8. The first-order valence-electron chi connectivity index (χ1n) is 5.31. The maximum absolute atomic E-state index is 13.6. The summed E-state index contributed by atoms with van der Waals surface area (Å²) in [5, 5.41) is 0. The van der Waals surface area contributed by atoms with Gasteiger partial charge in [-0.1, -0.05) is 22.0 Å². The van der Waals surface area contributed by atoms with Gasteiger partial charge in [-0.05, 0) is 25.0 Å². The summed E-state index contributed by atoms with van der Waals surface area (Å²) in [7, 11) is 0. The van der Waals surface area contributed by atoms with E-state index in [1.807, 2.05) is 0 Å². The summed E-state index contributed by atoms with van der Waals surface area (Å²) in [5.74, 6) is 4.75. The van der Waals surface area contributed by atoms with Crippen LogP contribution in [0.15, 0.2) is 22.7 Å². The third kappa shape index (κ3) is 4.91. The van der Waals surface area contributed by atoms with Gasteiger partial charge in [-0.15, -0.1) is 0 Å². The Bertz CT molecular complexity index is 395. The number of hydrazine groups is 1. The van der Waals surface area contributed by atoms with E-state index in [1.54, 1.807) is 6.07 Å². The number of halogens is 5. The number of alkyl halides is 3. The highest BCUT2D eigenvalue weighted by atomic mass is 79.9. The molecule has 2 nitrogen and oxygen atoms in total. The molecule has 0 aromatic heterocycles. The molecule has 1 aromatic rings. The van der Waals surface area contributed by atoms with Gasteiger partial charge in [0, 0.05) is 22.5 Å². The van der Waals surface area contributed by atoms with Gasteiger partial charge in [0.25, 0.3) is 0 Å². The van der Waals surface area contributed by atoms with Crippen LogP contribution in [0.4, 0.5) is 17.6 Å². The molecule has 0 saturated heterocycles. The Labute approximate surface area is 111 Å². The molecule has 102 valence electrons. The second-order valence-corrected chi connectivity index (χ2v) is 4.81. The minimum atomic E-state index is -4.20. The number of nitrogens with two attached hydrogens (primary N) is 1. The molecule has 18 heavy (non-hydrogen) atoms. The molecule has 0 spiro atoms. The van der Waals surface area contributed by atoms with Gasteiger partial charge < -0.3 is 0 Å². The Morgan fingerprint density at radius 1 is 1.33 bits per heavy atom. The molecule has 0 bridgehead atoms. The van der Waals surface area contributed by atoms with Crippen molar-refractivity contribution in [3.05, 3.63) is 34.1 Å². The average molecular weight is 329 g/mol. The summed E-state index contributed by atoms with van der Waals surface area (Å²) in [4.78, 5) is 0. The third-order valence-corrected chi connectivity index (χ3v) is 2.99. The topological polar surface area (TPSA) is 38.0 Å². The highest BCUT2D eigenvalue weighted by molar-refractivity contribution is 9.10. The lowest BCUT2D eigenvalue weighted by atomic mass is 10.0. The predicted octanol–water partition coefficient (Wildman–Crippen LogP) is 3.83. The van der Waals surface area contributed by atoms with Gasteiger partial charge in [0.05, 0.1) is 0 Å². The van der Waals surface area contributed by atoms with Gasteiger partial charge in [-0.25, -0.2) is 4.39 Å². The molecule has 0 aliphatic rings. The number of benzene rings is 1. The smallest absolute Gasteiger partial charge is 0.271 e. The molecule has 1 unspecified atom stereocenters. The van der Waals surface area contributed by atoms with Crippen LogP contribution in [0.2, 0.25) is 0 Å². The third-order valence-electron chi connectivity index (χ3n) is 2.49. The van der Waals surface area contributed by atoms with Gasteiger partial charge in [-0.3, -0.25) is 11.3 Å². The fraction of sp³-hybridized carbons (Fsp3) is 0.455. The summed E-state index contributed by atoms with van der Waals surface area (Å²) in [6, 6.07) is 3.74. The first-order valence-corrected chi connectivity index (χ1v) is 6.10. The Kier molecular flexibility index (Phi) is 5.55. The van der Waals surface area contributed by atoms with Crippen LogP contribution in [0.3, 0.4) is 0 Å². The van der Waals surface area contributed by atoms with Crippen molar-refractivity contribution in [3.63, 3.8) is 0 Å². The minimum Gasteiger partial charge on any atom is -0.271 e. The van der Waals surface area contributed by atoms with Gasteiger partial charge in [-0.2, -0.15) is 13.2 Å². The maximum atomic E-state index is 13.6. The minimum absolute atomic E-state index is 0.103. The van der Waals surface area contributed by atoms with E-state index < -0.39 is 24.5 Å². The van der Waals surface area contributed by atoms with E-state index >= 15 is 0 Å². The molecule has 0 amide bonds. The van der Waals surface area contributed by atoms with Crippen LogP contribution in [0.5, 0.6) is 0 Å². The van der Waals surface area contributed by atoms with E-state index in [9.17, 15) is 17.6 Å². The van der Waals surface area contributed by atoms with E-state index in [0.717, 1.165) is 0 Å². The summed E-state index contributed by atoms with van der Waals surface area (Å²) >= 11 is 3.11. The molecular formula is C11H13BrF4N2. The standard InChI is InChI=1S/C11H13BrF4N2/c12-7-3-4-8(9(13)6-7)10(18-17)2-1-5-11(14,15)16/h3-4,6,10,18H,1-2,5,17H2. The van der Waals surface area contributed by atoms with Crippen molar-refractivity contribution < 1.29 is 17.6 Å². The van der Waals surface area contributed by atoms with Crippen molar-refractivity contribution >= 4 is 15.9 Å². The molecule has 1 aromatic carbocycles. The molecule has 0 heterocycles. The summed E-state index contributed by atoms with van der Waals surface area (Å²) in [5.41, 5.74) is 2.61. The summed E-state index contributed by atoms with van der Waals surface area (Å²) in [6.07, 6.45) is -5.08. The first-order chi connectivity index (χ1) is 8.33. The van der Waals surface area contributed by atoms with Crippen molar-refractivity contribution in [1.29, 1.82) is 0 Å². The molecule has 0 radical (unpaired) electrons. The Hall–Kier alpha value is -0.660. The van der Waals surface area contributed by atoms with Gasteiger partial charge in [0.2, 0.25) is 0 Å². The monoisotopic (exact) mass is 328 g/mol. The predicted molar refractivity (Wildman–Crippen MR) is 64.1 cm³/mol. The van der Waals surface area contributed by atoms with Crippen LogP contribution in [0.25, 0.3) is 0 Å². The second-order valence-electron chi connectivity index (χ2n) is 3.89. The van der Waals surface area contributed by atoms with Crippen LogP contribution in [0.1, 0.15) is 30.9 Å². The van der Waals surface area contributed by atoms with Crippen LogP contribution < -0.4 is 11.3 Å². The quantitative estimate of drug-likeness (QED) is 0.490. The SMILES string of the molecule is NNC(CCCC(F)(F)F)c1ccc(Br)cc1F. The van der Waals surface area contributed by atoms with E-state index in [0.29, 0.717) is 4.47 Å². The molecule has 7 heteroatoms. The molecule has 0 fully saturated rings. The first kappa shape index (κ1) is 15.4. The molecule has 0 aliphatic carbocycles. The van der Waals surface area contributed by atoms with Crippen LogP contribution in [-0.4, -0.2) is 6.18 Å². The molecular weight excluding hydrogens is 316 g/mol. The molecule has 1 atom stereocenters. The lowest BCUT2D eigenvalue weighted by Gasteiger charge is -2.17. The van der Waals surface area contributed by atoms with Gasteiger partial charge >= 0.3 is 6.18 Å². The Morgan fingerprint density at radius 3 is 2.50 bits per heavy atom. The normalized spacial score (nSPS) is 13.7. The number of rotatable bonds is 5. The van der Waals surface area contributed by atoms with E-state index in [1.165, 1.54) is 12.1 Å². The van der Waals surface area contributed by atoms with Crippen molar-refractivity contribution in [2.75, 3.05) is 0 Å². The maximum Gasteiger partial charge on any atom is 0.389 e. The summed E-state index contributed by atoms with van der Waals surface area (Å²) in [6.45, 7) is 0. The fourth-order valence-electron chi connectivity index (χ4n) is 1.62. The van der Waals surface area contributed by atoms with E-state index in [4.69, 9.17) is 5.84 Å². The molecule has 3 N–H and O–H groups in total. The zero-order valence-corrected chi connectivity index (χ0v) is 11.0. The number of hydrogen-bond acceptors (Lipinski definition) is 2. The number of nitrogens with one attached hydrogen (secondary N) is 1.